The molecule has 0 bridgehead atoms. The number of amides is 2. The molecule has 0 fully saturated rings. The number of hydrogen-bond donors (Lipinski definition) is 5. The highest BCUT2D eigenvalue weighted by Crippen LogP contribution is 2.21. The van der Waals surface area contributed by atoms with Crippen molar-refractivity contribution in [2.75, 3.05) is 0 Å². The number of hydrogen-bond acceptors (Lipinski definition) is 5. The maximum atomic E-state index is 13.9. The van der Waals surface area contributed by atoms with Gasteiger partial charge < -0.3 is 31.1 Å². The Morgan fingerprint density at radius 1 is 0.773 bits per heavy atom. The van der Waals surface area contributed by atoms with Crippen LogP contribution in [0.4, 0.5) is 0 Å². The van der Waals surface area contributed by atoms with E-state index >= 15 is 0 Å². The lowest BCUT2D eigenvalue weighted by atomic mass is 9.97. The van der Waals surface area contributed by atoms with Crippen molar-refractivity contribution in [1.82, 2.24) is 20.6 Å². The second kappa shape index (κ2) is 14.1. The summed E-state index contributed by atoms with van der Waals surface area (Å²) in [5.74, 6) is -1.66. The highest BCUT2D eigenvalue weighted by molar-refractivity contribution is 5.93. The summed E-state index contributed by atoms with van der Waals surface area (Å²) in [6.07, 6.45) is 4.82. The van der Waals surface area contributed by atoms with Gasteiger partial charge in [-0.15, -0.1) is 0 Å². The molecule has 0 saturated heterocycles. The van der Waals surface area contributed by atoms with Crippen LogP contribution < -0.4 is 16.4 Å². The number of carbonyl (C=O) groups is 3. The van der Waals surface area contributed by atoms with Gasteiger partial charge in [0.05, 0.1) is 6.04 Å². The quantitative estimate of drug-likeness (QED) is 0.128. The first kappa shape index (κ1) is 30.6. The van der Waals surface area contributed by atoms with Crippen LogP contribution in [-0.2, 0) is 38.6 Å². The van der Waals surface area contributed by atoms with Gasteiger partial charge in [-0.2, -0.15) is 0 Å². The zero-order valence-corrected chi connectivity index (χ0v) is 25.0. The summed E-state index contributed by atoms with van der Waals surface area (Å²) < 4.78 is 5.60. The van der Waals surface area contributed by atoms with Crippen LogP contribution in [0.15, 0.2) is 91.3 Å². The summed E-state index contributed by atoms with van der Waals surface area (Å²) in [5, 5.41) is 7.72. The zero-order valence-electron chi connectivity index (χ0n) is 25.0. The summed E-state index contributed by atoms with van der Waals surface area (Å²) in [7, 11) is 0. The van der Waals surface area contributed by atoms with E-state index in [4.69, 9.17) is 10.5 Å². The number of ether oxygens (including phenoxy) is 1. The van der Waals surface area contributed by atoms with Gasteiger partial charge in [-0.25, -0.2) is 4.79 Å². The molecule has 0 aliphatic heterocycles. The first-order chi connectivity index (χ1) is 21.3. The third-order valence-corrected chi connectivity index (χ3v) is 8.17. The molecule has 44 heavy (non-hydrogen) atoms. The van der Waals surface area contributed by atoms with Crippen LogP contribution in [0, 0.1) is 5.92 Å². The number of fused-ring (bicyclic) bond motifs is 2. The van der Waals surface area contributed by atoms with Crippen LogP contribution in [0.2, 0.25) is 0 Å². The van der Waals surface area contributed by atoms with Crippen molar-refractivity contribution in [3.05, 3.63) is 108 Å². The molecule has 0 radical (unpaired) electrons. The fourth-order valence-electron chi connectivity index (χ4n) is 5.38. The molecule has 9 heteroatoms. The lowest BCUT2D eigenvalue weighted by Gasteiger charge is -2.26. The Kier molecular flexibility index (Phi) is 9.76. The Morgan fingerprint density at radius 3 is 1.95 bits per heavy atom. The number of benzene rings is 3. The van der Waals surface area contributed by atoms with Gasteiger partial charge >= 0.3 is 5.97 Å². The fourth-order valence-corrected chi connectivity index (χ4v) is 5.38. The van der Waals surface area contributed by atoms with Gasteiger partial charge in [0.25, 0.3) is 0 Å². The van der Waals surface area contributed by atoms with E-state index in [1.807, 2.05) is 105 Å². The Bertz CT molecular complexity index is 1730. The third kappa shape index (κ3) is 7.18. The molecular weight excluding hydrogens is 554 g/mol. The minimum absolute atomic E-state index is 0.0979. The number of aromatic nitrogens is 2. The van der Waals surface area contributed by atoms with E-state index in [0.717, 1.165) is 38.5 Å². The maximum absolute atomic E-state index is 13.9. The minimum Gasteiger partial charge on any atom is -0.459 e. The van der Waals surface area contributed by atoms with E-state index in [0.29, 0.717) is 12.8 Å². The predicted octanol–water partition coefficient (Wildman–Crippen LogP) is 4.52. The first-order valence-electron chi connectivity index (χ1n) is 15.0. The summed E-state index contributed by atoms with van der Waals surface area (Å²) in [5.41, 5.74) is 10.9. The lowest BCUT2D eigenvalue weighted by molar-refractivity contribution is -0.151. The van der Waals surface area contributed by atoms with E-state index in [1.54, 1.807) is 0 Å². The molecule has 0 spiro atoms. The van der Waals surface area contributed by atoms with Crippen LogP contribution in [0.1, 0.15) is 37.0 Å². The maximum Gasteiger partial charge on any atom is 0.329 e. The zero-order chi connectivity index (χ0) is 31.1. The molecule has 228 valence electrons. The fraction of sp³-hybridized carbons (Fsp3) is 0.286. The molecule has 2 heterocycles. The molecule has 2 aromatic heterocycles. The summed E-state index contributed by atoms with van der Waals surface area (Å²) in [6.45, 7) is 3.93. The van der Waals surface area contributed by atoms with Crippen molar-refractivity contribution in [2.45, 2.75) is 57.8 Å². The van der Waals surface area contributed by atoms with Crippen LogP contribution in [0.5, 0.6) is 0 Å². The molecular formula is C35H39N5O4. The van der Waals surface area contributed by atoms with Crippen LogP contribution in [-0.4, -0.2) is 45.9 Å². The second-order valence-electron chi connectivity index (χ2n) is 11.3. The van der Waals surface area contributed by atoms with Crippen molar-refractivity contribution in [1.29, 1.82) is 0 Å². The van der Waals surface area contributed by atoms with Crippen molar-refractivity contribution >= 4 is 39.6 Å². The number of para-hydroxylation sites is 2. The highest BCUT2D eigenvalue weighted by Gasteiger charge is 2.32. The normalized spacial score (nSPS) is 14.1. The molecule has 5 rings (SSSR count). The van der Waals surface area contributed by atoms with Crippen molar-refractivity contribution in [2.24, 2.45) is 11.7 Å². The average molecular weight is 594 g/mol. The SMILES string of the molecule is CC[C@H](C)[C@H](NC(=O)[C@H](Cc1c[nH]c2ccccc12)NC(=O)[C@@H](N)Cc1c[nH]c2ccccc12)C(=O)OCc1ccccc1. The standard InChI is InChI=1S/C35H39N5O4/c1-3-22(2)32(35(43)44-21-23-11-5-4-6-12-23)40-34(42)31(18-25-20-38-30-16-10-8-14-27(25)30)39-33(41)28(36)17-24-19-37-29-15-9-7-13-26(24)29/h4-16,19-20,22,28,31-32,37-38H,3,17-18,21,36H2,1-2H3,(H,39,41)(H,40,42)/t22-,28-,31-,32-/m0/s1. The molecule has 0 saturated carbocycles. The second-order valence-corrected chi connectivity index (χ2v) is 11.3. The number of H-pyrrole nitrogens is 2. The van der Waals surface area contributed by atoms with Crippen molar-refractivity contribution in [3.8, 4) is 0 Å². The molecule has 5 aromatic rings. The van der Waals surface area contributed by atoms with Crippen LogP contribution in [0.3, 0.4) is 0 Å². The molecule has 4 atom stereocenters. The van der Waals surface area contributed by atoms with Gasteiger partial charge in [0.15, 0.2) is 0 Å². The van der Waals surface area contributed by atoms with Crippen molar-refractivity contribution in [3.63, 3.8) is 0 Å². The number of carbonyl (C=O) groups excluding carboxylic acids is 3. The van der Waals surface area contributed by atoms with Crippen LogP contribution in [0.25, 0.3) is 21.8 Å². The van der Waals surface area contributed by atoms with E-state index in [9.17, 15) is 14.4 Å². The van der Waals surface area contributed by atoms with E-state index < -0.39 is 35.9 Å². The Labute approximate surface area is 256 Å². The molecule has 3 aromatic carbocycles. The molecule has 2 amide bonds. The largest absolute Gasteiger partial charge is 0.459 e. The topological polar surface area (TPSA) is 142 Å². The van der Waals surface area contributed by atoms with Gasteiger partial charge in [-0.05, 0) is 41.2 Å². The number of nitrogens with two attached hydrogens (primary N) is 1. The lowest BCUT2D eigenvalue weighted by Crippen LogP contribution is -2.56. The smallest absolute Gasteiger partial charge is 0.329 e. The number of aromatic amines is 2. The molecule has 6 N–H and O–H groups in total. The summed E-state index contributed by atoms with van der Waals surface area (Å²) in [6, 6.07) is 22.2. The predicted molar refractivity (Wildman–Crippen MR) is 172 cm³/mol. The molecule has 0 aliphatic carbocycles. The van der Waals surface area contributed by atoms with E-state index in [1.165, 1.54) is 0 Å². The van der Waals surface area contributed by atoms with Gasteiger partial charge in [0.2, 0.25) is 11.8 Å². The Morgan fingerprint density at radius 2 is 1.34 bits per heavy atom. The number of esters is 1. The summed E-state index contributed by atoms with van der Waals surface area (Å²) >= 11 is 0. The number of nitrogens with one attached hydrogen (secondary N) is 4. The summed E-state index contributed by atoms with van der Waals surface area (Å²) in [4.78, 5) is 47.0. The third-order valence-electron chi connectivity index (χ3n) is 8.17. The van der Waals surface area contributed by atoms with E-state index in [-0.39, 0.29) is 18.9 Å². The Hall–Kier alpha value is -4.89. The Balaban J connectivity index is 1.34. The van der Waals surface area contributed by atoms with Gasteiger partial charge in [-0.1, -0.05) is 87.0 Å². The van der Waals surface area contributed by atoms with Crippen LogP contribution >= 0.6 is 0 Å². The average Bonchev–Trinajstić information content (AvgIpc) is 3.66. The highest BCUT2D eigenvalue weighted by atomic mass is 16.5. The molecule has 0 aliphatic rings. The van der Waals surface area contributed by atoms with Gasteiger partial charge in [0.1, 0.15) is 18.7 Å². The van der Waals surface area contributed by atoms with Crippen molar-refractivity contribution < 1.29 is 19.1 Å². The first-order valence-corrected chi connectivity index (χ1v) is 15.0. The number of rotatable bonds is 13. The minimum atomic E-state index is -0.982. The molecule has 9 nitrogen and oxygen atoms in total. The monoisotopic (exact) mass is 593 g/mol. The molecule has 0 unspecified atom stereocenters. The van der Waals surface area contributed by atoms with E-state index in [2.05, 4.69) is 20.6 Å². The van der Waals surface area contributed by atoms with Gasteiger partial charge in [0, 0.05) is 40.6 Å². The van der Waals surface area contributed by atoms with Gasteiger partial charge in [-0.3, -0.25) is 9.59 Å².